The number of carbonyl (C=O) groups excluding carboxylic acids is 1. The average molecular weight is 300 g/mol. The lowest BCUT2D eigenvalue weighted by molar-refractivity contribution is 0.0921. The normalized spacial score (nSPS) is 16.8. The van der Waals surface area contributed by atoms with Crippen LogP contribution in [0.25, 0.3) is 11.1 Å². The van der Waals surface area contributed by atoms with Crippen LogP contribution < -0.4 is 5.32 Å². The number of carbonyl (C=O) groups is 1. The van der Waals surface area contributed by atoms with Gasteiger partial charge in [-0.1, -0.05) is 30.3 Å². The Balaban J connectivity index is 1.73. The lowest BCUT2D eigenvalue weighted by Gasteiger charge is -2.29. The Hall–Kier alpha value is -1.65. The Labute approximate surface area is 129 Å². The summed E-state index contributed by atoms with van der Waals surface area (Å²) < 4.78 is 0. The molecule has 0 bridgehead atoms. The molecule has 4 heteroatoms. The van der Waals surface area contributed by atoms with Crippen LogP contribution in [-0.2, 0) is 0 Å². The molecular weight excluding hydrogens is 280 g/mol. The van der Waals surface area contributed by atoms with Gasteiger partial charge in [-0.05, 0) is 50.0 Å². The topological polar surface area (TPSA) is 32.3 Å². The standard InChI is InChI=1S/C17H20N2OS/c1-19-10-7-14(8-11-19)18-17(20)16-15(9-12-21-16)13-5-3-2-4-6-13/h2-6,9,12,14H,7-8,10-11H2,1H3,(H,18,20). The Morgan fingerprint density at radius 1 is 1.19 bits per heavy atom. The maximum absolute atomic E-state index is 12.5. The summed E-state index contributed by atoms with van der Waals surface area (Å²) in [6, 6.07) is 12.4. The fourth-order valence-corrected chi connectivity index (χ4v) is 3.55. The maximum Gasteiger partial charge on any atom is 0.262 e. The van der Waals surface area contributed by atoms with Gasteiger partial charge in [-0.15, -0.1) is 11.3 Å². The number of nitrogens with zero attached hydrogens (tertiary/aromatic N) is 1. The zero-order valence-corrected chi connectivity index (χ0v) is 13.0. The SMILES string of the molecule is CN1CCC(NC(=O)c2sccc2-c2ccccc2)CC1. The molecule has 1 fully saturated rings. The molecule has 1 amide bonds. The van der Waals surface area contributed by atoms with Gasteiger partial charge in [0.15, 0.2) is 0 Å². The summed E-state index contributed by atoms with van der Waals surface area (Å²) in [5.41, 5.74) is 2.14. The predicted molar refractivity (Wildman–Crippen MR) is 87.7 cm³/mol. The summed E-state index contributed by atoms with van der Waals surface area (Å²) in [4.78, 5) is 15.7. The molecule has 1 aromatic heterocycles. The molecular formula is C17H20N2OS. The third-order valence-corrected chi connectivity index (χ3v) is 4.92. The molecule has 1 aromatic carbocycles. The van der Waals surface area contributed by atoms with Crippen molar-refractivity contribution in [2.75, 3.05) is 20.1 Å². The van der Waals surface area contributed by atoms with Crippen molar-refractivity contribution in [3.05, 3.63) is 46.7 Å². The summed E-state index contributed by atoms with van der Waals surface area (Å²) >= 11 is 1.52. The van der Waals surface area contributed by atoms with Gasteiger partial charge in [-0.3, -0.25) is 4.79 Å². The van der Waals surface area contributed by atoms with E-state index in [4.69, 9.17) is 0 Å². The van der Waals surface area contributed by atoms with E-state index in [0.717, 1.165) is 41.9 Å². The van der Waals surface area contributed by atoms with Crippen LogP contribution in [0.15, 0.2) is 41.8 Å². The Morgan fingerprint density at radius 3 is 2.62 bits per heavy atom. The van der Waals surface area contributed by atoms with Crippen LogP contribution in [0.1, 0.15) is 22.5 Å². The minimum atomic E-state index is 0.0680. The Morgan fingerprint density at radius 2 is 1.90 bits per heavy atom. The first kappa shape index (κ1) is 14.3. The van der Waals surface area contributed by atoms with Crippen molar-refractivity contribution < 1.29 is 4.79 Å². The molecule has 1 aliphatic rings. The molecule has 1 saturated heterocycles. The van der Waals surface area contributed by atoms with Crippen molar-refractivity contribution in [3.8, 4) is 11.1 Å². The minimum Gasteiger partial charge on any atom is -0.348 e. The molecule has 1 N–H and O–H groups in total. The second-order valence-electron chi connectivity index (χ2n) is 5.58. The van der Waals surface area contributed by atoms with Crippen LogP contribution in [0.4, 0.5) is 0 Å². The van der Waals surface area contributed by atoms with Crippen molar-refractivity contribution >= 4 is 17.2 Å². The number of nitrogens with one attached hydrogen (secondary N) is 1. The van der Waals surface area contributed by atoms with Crippen molar-refractivity contribution in [1.29, 1.82) is 0 Å². The van der Waals surface area contributed by atoms with Gasteiger partial charge in [0.05, 0.1) is 4.88 Å². The fourth-order valence-electron chi connectivity index (χ4n) is 2.73. The second kappa shape index (κ2) is 6.41. The zero-order valence-electron chi connectivity index (χ0n) is 12.2. The highest BCUT2D eigenvalue weighted by Crippen LogP contribution is 2.28. The first-order valence-electron chi connectivity index (χ1n) is 7.36. The monoisotopic (exact) mass is 300 g/mol. The van der Waals surface area contributed by atoms with E-state index < -0.39 is 0 Å². The fraction of sp³-hybridized carbons (Fsp3) is 0.353. The number of amides is 1. The highest BCUT2D eigenvalue weighted by molar-refractivity contribution is 7.12. The zero-order chi connectivity index (χ0) is 14.7. The van der Waals surface area contributed by atoms with Gasteiger partial charge in [0, 0.05) is 11.6 Å². The van der Waals surface area contributed by atoms with Crippen LogP contribution in [0.3, 0.4) is 0 Å². The Kier molecular flexibility index (Phi) is 4.36. The third kappa shape index (κ3) is 3.34. The molecule has 0 aliphatic carbocycles. The molecule has 0 spiro atoms. The van der Waals surface area contributed by atoms with Crippen LogP contribution in [0, 0.1) is 0 Å². The van der Waals surface area contributed by atoms with Crippen molar-refractivity contribution in [2.24, 2.45) is 0 Å². The largest absolute Gasteiger partial charge is 0.348 e. The molecule has 0 unspecified atom stereocenters. The number of hydrogen-bond acceptors (Lipinski definition) is 3. The van der Waals surface area contributed by atoms with Crippen LogP contribution in [0.2, 0.25) is 0 Å². The second-order valence-corrected chi connectivity index (χ2v) is 6.50. The summed E-state index contributed by atoms with van der Waals surface area (Å²) in [5.74, 6) is 0.0680. The maximum atomic E-state index is 12.5. The molecule has 110 valence electrons. The van der Waals surface area contributed by atoms with Gasteiger partial charge in [0.2, 0.25) is 0 Å². The van der Waals surface area contributed by atoms with Gasteiger partial charge in [0.1, 0.15) is 0 Å². The van der Waals surface area contributed by atoms with Gasteiger partial charge in [-0.2, -0.15) is 0 Å². The quantitative estimate of drug-likeness (QED) is 0.944. The first-order chi connectivity index (χ1) is 10.2. The smallest absolute Gasteiger partial charge is 0.262 e. The molecule has 0 saturated carbocycles. The molecule has 1 aliphatic heterocycles. The molecule has 21 heavy (non-hydrogen) atoms. The number of thiophene rings is 1. The third-order valence-electron chi connectivity index (χ3n) is 4.01. The highest BCUT2D eigenvalue weighted by Gasteiger charge is 2.21. The van der Waals surface area contributed by atoms with E-state index in [1.165, 1.54) is 11.3 Å². The first-order valence-corrected chi connectivity index (χ1v) is 8.24. The molecule has 2 aromatic rings. The average Bonchev–Trinajstić information content (AvgIpc) is 3.00. The molecule has 3 rings (SSSR count). The molecule has 3 nitrogen and oxygen atoms in total. The van der Waals surface area contributed by atoms with E-state index in [9.17, 15) is 4.79 Å². The molecule has 0 radical (unpaired) electrons. The summed E-state index contributed by atoms with van der Waals surface area (Å²) in [7, 11) is 2.13. The Bertz CT molecular complexity index is 600. The van der Waals surface area contributed by atoms with Crippen LogP contribution in [-0.4, -0.2) is 37.0 Å². The lowest BCUT2D eigenvalue weighted by Crippen LogP contribution is -2.43. The van der Waals surface area contributed by atoms with Crippen molar-refractivity contribution in [3.63, 3.8) is 0 Å². The number of hydrogen-bond donors (Lipinski definition) is 1. The van der Waals surface area contributed by atoms with Crippen LogP contribution in [0.5, 0.6) is 0 Å². The van der Waals surface area contributed by atoms with Crippen molar-refractivity contribution in [2.45, 2.75) is 18.9 Å². The van der Waals surface area contributed by atoms with E-state index in [1.54, 1.807) is 0 Å². The van der Waals surface area contributed by atoms with Gasteiger partial charge < -0.3 is 10.2 Å². The van der Waals surface area contributed by atoms with E-state index >= 15 is 0 Å². The van der Waals surface area contributed by atoms with E-state index in [1.807, 2.05) is 29.6 Å². The molecule has 2 heterocycles. The molecule has 0 atom stereocenters. The van der Waals surface area contributed by atoms with E-state index in [0.29, 0.717) is 6.04 Å². The number of benzene rings is 1. The lowest BCUT2D eigenvalue weighted by atomic mass is 10.0. The van der Waals surface area contributed by atoms with E-state index in [-0.39, 0.29) is 5.91 Å². The van der Waals surface area contributed by atoms with Crippen LogP contribution >= 0.6 is 11.3 Å². The van der Waals surface area contributed by atoms with Gasteiger partial charge in [-0.25, -0.2) is 0 Å². The number of rotatable bonds is 3. The number of likely N-dealkylation sites (tertiary alicyclic amines) is 1. The minimum absolute atomic E-state index is 0.0680. The highest BCUT2D eigenvalue weighted by atomic mass is 32.1. The van der Waals surface area contributed by atoms with Gasteiger partial charge in [0.25, 0.3) is 5.91 Å². The van der Waals surface area contributed by atoms with Gasteiger partial charge >= 0.3 is 0 Å². The summed E-state index contributed by atoms with van der Waals surface area (Å²) in [6.07, 6.45) is 2.07. The predicted octanol–water partition coefficient (Wildman–Crippen LogP) is 3.24. The summed E-state index contributed by atoms with van der Waals surface area (Å²) in [5, 5.41) is 5.19. The van der Waals surface area contributed by atoms with E-state index in [2.05, 4.69) is 29.4 Å². The number of piperidine rings is 1. The van der Waals surface area contributed by atoms with Crippen molar-refractivity contribution in [1.82, 2.24) is 10.2 Å². The summed E-state index contributed by atoms with van der Waals surface area (Å²) in [6.45, 7) is 2.11.